The number of benzene rings is 2. The fraction of sp³-hybridized carbons (Fsp3) is 0.346. The summed E-state index contributed by atoms with van der Waals surface area (Å²) in [6.45, 7) is 9.85. The molecule has 1 aromatic heterocycles. The van der Waals surface area contributed by atoms with Crippen LogP contribution in [-0.2, 0) is 0 Å². The van der Waals surface area contributed by atoms with Gasteiger partial charge in [-0.1, -0.05) is 43.8 Å². The summed E-state index contributed by atoms with van der Waals surface area (Å²) in [4.78, 5) is 16.2. The average molecular weight is 467 g/mol. The third kappa shape index (κ3) is 5.99. The molecule has 1 fully saturated rings. The lowest BCUT2D eigenvalue weighted by atomic mass is 10.0. The summed E-state index contributed by atoms with van der Waals surface area (Å²) in [6, 6.07) is 16.8. The molecular formula is C26H30N2O4S. The van der Waals surface area contributed by atoms with E-state index < -0.39 is 5.63 Å². The van der Waals surface area contributed by atoms with Crippen molar-refractivity contribution in [3.8, 4) is 22.8 Å². The van der Waals surface area contributed by atoms with Crippen LogP contribution < -0.4 is 15.7 Å². The normalized spacial score (nSPS) is 14.5. The molecule has 0 unspecified atom stereocenters. The molecule has 2 aromatic carbocycles. The Morgan fingerprint density at radius 2 is 1.85 bits per heavy atom. The molecule has 2 N–H and O–H groups in total. The first-order valence-electron chi connectivity index (χ1n) is 11.3. The van der Waals surface area contributed by atoms with Gasteiger partial charge in [0.2, 0.25) is 0 Å². The quantitative estimate of drug-likeness (QED) is 0.504. The van der Waals surface area contributed by atoms with Crippen LogP contribution in [0.3, 0.4) is 0 Å². The van der Waals surface area contributed by atoms with E-state index in [1.54, 1.807) is 0 Å². The van der Waals surface area contributed by atoms with Crippen molar-refractivity contribution in [3.63, 3.8) is 0 Å². The Kier molecular flexibility index (Phi) is 7.75. The van der Waals surface area contributed by atoms with Crippen molar-refractivity contribution < 1.29 is 14.3 Å². The Hall–Kier alpha value is -2.74. The van der Waals surface area contributed by atoms with Crippen LogP contribution in [0.5, 0.6) is 11.5 Å². The van der Waals surface area contributed by atoms with Gasteiger partial charge in [0.25, 0.3) is 0 Å². The zero-order chi connectivity index (χ0) is 23.2. The lowest BCUT2D eigenvalue weighted by Gasteiger charge is -2.26. The molecule has 0 aliphatic carbocycles. The fourth-order valence-electron chi connectivity index (χ4n) is 3.81. The molecule has 2 heterocycles. The number of piperazine rings is 1. The highest BCUT2D eigenvalue weighted by Gasteiger charge is 2.17. The van der Waals surface area contributed by atoms with Gasteiger partial charge in [0, 0.05) is 49.2 Å². The van der Waals surface area contributed by atoms with Crippen LogP contribution in [0, 0.1) is 0 Å². The third-order valence-corrected chi connectivity index (χ3v) is 6.84. The Labute approximate surface area is 198 Å². The van der Waals surface area contributed by atoms with Crippen LogP contribution in [0.1, 0.15) is 25.3 Å². The van der Waals surface area contributed by atoms with Gasteiger partial charge in [-0.25, -0.2) is 4.79 Å². The number of hydrogen-bond donors (Lipinski definition) is 2. The van der Waals surface area contributed by atoms with E-state index in [0.717, 1.165) is 48.9 Å². The Bertz CT molecular complexity index is 1120. The van der Waals surface area contributed by atoms with Crippen LogP contribution in [0.25, 0.3) is 11.3 Å². The molecule has 33 heavy (non-hydrogen) atoms. The smallest absolute Gasteiger partial charge is 0.354 e. The van der Waals surface area contributed by atoms with Crippen molar-refractivity contribution in [3.05, 3.63) is 70.6 Å². The van der Waals surface area contributed by atoms with Gasteiger partial charge in [-0.2, -0.15) is 0 Å². The molecule has 0 atom stereocenters. The van der Waals surface area contributed by atoms with Crippen molar-refractivity contribution in [2.75, 3.05) is 39.3 Å². The molecule has 3 aromatic rings. The van der Waals surface area contributed by atoms with Crippen molar-refractivity contribution in [2.45, 2.75) is 29.6 Å². The van der Waals surface area contributed by atoms with Crippen molar-refractivity contribution >= 4 is 11.8 Å². The van der Waals surface area contributed by atoms with Gasteiger partial charge in [0.1, 0.15) is 28.8 Å². The van der Waals surface area contributed by atoms with Crippen LogP contribution >= 0.6 is 11.8 Å². The fourth-order valence-corrected chi connectivity index (χ4v) is 4.89. The second kappa shape index (κ2) is 10.9. The minimum absolute atomic E-state index is 0.0823. The predicted octanol–water partition coefficient (Wildman–Crippen LogP) is 4.57. The van der Waals surface area contributed by atoms with E-state index in [1.165, 1.54) is 17.8 Å². The highest BCUT2D eigenvalue weighted by Crippen LogP contribution is 2.37. The van der Waals surface area contributed by atoms with E-state index in [4.69, 9.17) is 9.15 Å². The highest BCUT2D eigenvalue weighted by atomic mass is 32.2. The lowest BCUT2D eigenvalue weighted by molar-refractivity contribution is 0.191. The van der Waals surface area contributed by atoms with Gasteiger partial charge >= 0.3 is 5.63 Å². The molecule has 0 bridgehead atoms. The maximum Gasteiger partial charge on any atom is 0.354 e. The van der Waals surface area contributed by atoms with Gasteiger partial charge in [-0.05, 0) is 41.8 Å². The molecule has 6 nitrogen and oxygen atoms in total. The van der Waals surface area contributed by atoms with Gasteiger partial charge in [0.05, 0.1) is 0 Å². The number of rotatable bonds is 8. The van der Waals surface area contributed by atoms with Crippen LogP contribution in [0.4, 0.5) is 0 Å². The highest BCUT2D eigenvalue weighted by molar-refractivity contribution is 7.99. The van der Waals surface area contributed by atoms with E-state index in [0.29, 0.717) is 23.8 Å². The van der Waals surface area contributed by atoms with Crippen molar-refractivity contribution in [1.29, 1.82) is 0 Å². The first-order valence-corrected chi connectivity index (χ1v) is 12.1. The predicted molar refractivity (Wildman–Crippen MR) is 132 cm³/mol. The van der Waals surface area contributed by atoms with Gasteiger partial charge in [-0.3, -0.25) is 4.90 Å². The van der Waals surface area contributed by atoms with E-state index in [-0.39, 0.29) is 10.6 Å². The first kappa shape index (κ1) is 23.4. The standard InChI is InChI=1S/C26H30N2O4S/c1-18(2)21-5-3-4-6-24(21)33-25-22(29)17-23(32-26(25)30)19-7-9-20(10-8-19)31-16-15-28-13-11-27-12-14-28/h3-10,17-18,27,29H,11-16H2,1-2H3. The zero-order valence-corrected chi connectivity index (χ0v) is 19.9. The van der Waals surface area contributed by atoms with Gasteiger partial charge < -0.3 is 19.6 Å². The molecule has 7 heteroatoms. The molecule has 0 spiro atoms. The maximum atomic E-state index is 12.7. The Morgan fingerprint density at radius 3 is 2.55 bits per heavy atom. The second-order valence-corrected chi connectivity index (χ2v) is 9.42. The van der Waals surface area contributed by atoms with E-state index >= 15 is 0 Å². The summed E-state index contributed by atoms with van der Waals surface area (Å²) >= 11 is 1.24. The molecule has 0 radical (unpaired) electrons. The summed E-state index contributed by atoms with van der Waals surface area (Å²) in [5.41, 5.74) is 1.28. The molecule has 0 saturated carbocycles. The van der Waals surface area contributed by atoms with E-state index in [1.807, 2.05) is 48.5 Å². The number of aromatic hydroxyl groups is 1. The SMILES string of the molecule is CC(C)c1ccccc1Sc1c(O)cc(-c2ccc(OCCN3CCNCC3)cc2)oc1=O. The summed E-state index contributed by atoms with van der Waals surface area (Å²) in [5, 5.41) is 13.9. The number of ether oxygens (including phenoxy) is 1. The summed E-state index contributed by atoms with van der Waals surface area (Å²) in [6.07, 6.45) is 0. The minimum atomic E-state index is -0.551. The van der Waals surface area contributed by atoms with E-state index in [9.17, 15) is 9.90 Å². The van der Waals surface area contributed by atoms with Crippen LogP contribution in [-0.4, -0.2) is 49.3 Å². The lowest BCUT2D eigenvalue weighted by Crippen LogP contribution is -2.44. The van der Waals surface area contributed by atoms with E-state index in [2.05, 4.69) is 24.1 Å². The zero-order valence-electron chi connectivity index (χ0n) is 19.0. The van der Waals surface area contributed by atoms with Crippen LogP contribution in [0.15, 0.2) is 73.6 Å². The molecular weight excluding hydrogens is 436 g/mol. The maximum absolute atomic E-state index is 12.7. The monoisotopic (exact) mass is 466 g/mol. The van der Waals surface area contributed by atoms with Gasteiger partial charge in [0.15, 0.2) is 0 Å². The van der Waals surface area contributed by atoms with Gasteiger partial charge in [-0.15, -0.1) is 0 Å². The third-order valence-electron chi connectivity index (χ3n) is 5.67. The number of hydrogen-bond acceptors (Lipinski definition) is 7. The topological polar surface area (TPSA) is 74.9 Å². The first-order chi connectivity index (χ1) is 16.0. The average Bonchev–Trinajstić information content (AvgIpc) is 2.82. The number of nitrogens with zero attached hydrogens (tertiary/aromatic N) is 1. The minimum Gasteiger partial charge on any atom is -0.506 e. The molecule has 1 aliphatic rings. The molecule has 1 aliphatic heterocycles. The Morgan fingerprint density at radius 1 is 1.12 bits per heavy atom. The second-order valence-electron chi connectivity index (χ2n) is 8.37. The summed E-state index contributed by atoms with van der Waals surface area (Å²) < 4.78 is 11.4. The summed E-state index contributed by atoms with van der Waals surface area (Å²) in [5.74, 6) is 1.31. The van der Waals surface area contributed by atoms with Crippen molar-refractivity contribution in [2.24, 2.45) is 0 Å². The van der Waals surface area contributed by atoms with Crippen LogP contribution in [0.2, 0.25) is 0 Å². The molecule has 174 valence electrons. The van der Waals surface area contributed by atoms with Crippen molar-refractivity contribution in [1.82, 2.24) is 10.2 Å². The molecule has 0 amide bonds. The largest absolute Gasteiger partial charge is 0.506 e. The molecule has 4 rings (SSSR count). The number of nitrogens with one attached hydrogen (secondary N) is 1. The Balaban J connectivity index is 1.44. The molecule has 1 saturated heterocycles. The summed E-state index contributed by atoms with van der Waals surface area (Å²) in [7, 11) is 0.